The molecule has 0 spiro atoms. The minimum Gasteiger partial charge on any atom is -0.349 e. The molecule has 2 aromatic heterocycles. The van der Waals surface area contributed by atoms with Gasteiger partial charge in [-0.25, -0.2) is 4.98 Å². The molecule has 0 saturated heterocycles. The van der Waals surface area contributed by atoms with Gasteiger partial charge in [0, 0.05) is 41.3 Å². The summed E-state index contributed by atoms with van der Waals surface area (Å²) in [7, 11) is 0. The molecule has 0 radical (unpaired) electrons. The Kier molecular flexibility index (Phi) is 4.57. The maximum absolute atomic E-state index is 4.17. The van der Waals surface area contributed by atoms with Gasteiger partial charge in [0.15, 0.2) is 0 Å². The molecule has 6 heteroatoms. The Balaban J connectivity index is 1.72. The molecule has 0 unspecified atom stereocenters. The number of rotatable bonds is 5. The summed E-state index contributed by atoms with van der Waals surface area (Å²) in [6.45, 7) is 1.83. The lowest BCUT2D eigenvalue weighted by atomic mass is 10.4. The highest BCUT2D eigenvalue weighted by Gasteiger charge is 2.03. The Morgan fingerprint density at radius 3 is 2.94 bits per heavy atom. The molecule has 3 nitrogen and oxygen atoms in total. The van der Waals surface area contributed by atoms with Crippen molar-refractivity contribution in [2.75, 3.05) is 6.54 Å². The summed E-state index contributed by atoms with van der Waals surface area (Å²) in [6, 6.07) is 2.13. The van der Waals surface area contributed by atoms with Gasteiger partial charge >= 0.3 is 0 Å². The molecule has 0 aromatic carbocycles. The van der Waals surface area contributed by atoms with Crippen LogP contribution in [-0.2, 0) is 13.0 Å². The summed E-state index contributed by atoms with van der Waals surface area (Å²) in [5, 5.41) is 3.39. The largest absolute Gasteiger partial charge is 0.349 e. The monoisotopic (exact) mass is 363 g/mol. The molecular weight excluding hydrogens is 354 g/mol. The van der Waals surface area contributed by atoms with Crippen molar-refractivity contribution in [1.29, 1.82) is 0 Å². The molecule has 16 heavy (non-hydrogen) atoms. The molecule has 0 aliphatic carbocycles. The van der Waals surface area contributed by atoms with Crippen molar-refractivity contribution in [3.05, 3.63) is 37.4 Å². The van der Waals surface area contributed by atoms with Gasteiger partial charge in [-0.15, -0.1) is 11.3 Å². The van der Waals surface area contributed by atoms with Crippen LogP contribution in [0.5, 0.6) is 0 Å². The van der Waals surface area contributed by atoms with E-state index >= 15 is 0 Å². The topological polar surface area (TPSA) is 40.7 Å². The third kappa shape index (κ3) is 3.41. The van der Waals surface area contributed by atoms with Gasteiger partial charge in [-0.05, 0) is 37.9 Å². The SMILES string of the molecule is Brc1cc(CNCCc2ncc[nH]2)sc1Br. The van der Waals surface area contributed by atoms with Gasteiger partial charge in [0.1, 0.15) is 5.82 Å². The van der Waals surface area contributed by atoms with Crippen molar-refractivity contribution in [3.63, 3.8) is 0 Å². The molecule has 0 aliphatic rings. The van der Waals surface area contributed by atoms with Crippen molar-refractivity contribution in [1.82, 2.24) is 15.3 Å². The lowest BCUT2D eigenvalue weighted by Crippen LogP contribution is -2.16. The van der Waals surface area contributed by atoms with Crippen LogP contribution in [0.3, 0.4) is 0 Å². The molecule has 0 aliphatic heterocycles. The number of hydrogen-bond acceptors (Lipinski definition) is 3. The Hall–Kier alpha value is -0.170. The number of hydrogen-bond donors (Lipinski definition) is 2. The third-order valence-corrected chi connectivity index (χ3v) is 5.35. The summed E-state index contributed by atoms with van der Waals surface area (Å²) in [5.41, 5.74) is 0. The van der Waals surface area contributed by atoms with Crippen LogP contribution < -0.4 is 5.32 Å². The molecule has 2 rings (SSSR count). The van der Waals surface area contributed by atoms with Crippen molar-refractivity contribution < 1.29 is 0 Å². The van der Waals surface area contributed by atoms with Gasteiger partial charge < -0.3 is 10.3 Å². The standard InChI is InChI=1S/C10H11Br2N3S/c11-8-5-7(16-10(8)12)6-13-2-1-9-14-3-4-15-9/h3-5,13H,1-2,6H2,(H,14,15). The number of thiophene rings is 1. The van der Waals surface area contributed by atoms with Crippen molar-refractivity contribution >= 4 is 43.2 Å². The molecule has 0 amide bonds. The zero-order chi connectivity index (χ0) is 11.4. The average Bonchev–Trinajstić information content (AvgIpc) is 2.85. The summed E-state index contributed by atoms with van der Waals surface area (Å²) in [4.78, 5) is 8.57. The maximum Gasteiger partial charge on any atom is 0.107 e. The summed E-state index contributed by atoms with van der Waals surface area (Å²) >= 11 is 8.71. The number of halogens is 2. The first-order valence-corrected chi connectivity index (χ1v) is 7.28. The smallest absolute Gasteiger partial charge is 0.107 e. The van der Waals surface area contributed by atoms with Crippen molar-refractivity contribution in [3.8, 4) is 0 Å². The first kappa shape index (κ1) is 12.3. The summed E-state index contributed by atoms with van der Waals surface area (Å²) in [5.74, 6) is 1.03. The van der Waals surface area contributed by atoms with Crippen molar-refractivity contribution in [2.24, 2.45) is 0 Å². The van der Waals surface area contributed by atoms with Crippen molar-refractivity contribution in [2.45, 2.75) is 13.0 Å². The second kappa shape index (κ2) is 5.95. The van der Waals surface area contributed by atoms with E-state index in [0.29, 0.717) is 0 Å². The molecule has 86 valence electrons. The Labute approximate surface area is 115 Å². The molecule has 2 N–H and O–H groups in total. The number of nitrogens with one attached hydrogen (secondary N) is 2. The Bertz CT molecular complexity index is 419. The predicted molar refractivity (Wildman–Crippen MR) is 73.7 cm³/mol. The van der Waals surface area contributed by atoms with E-state index in [1.807, 2.05) is 6.20 Å². The quantitative estimate of drug-likeness (QED) is 0.799. The van der Waals surface area contributed by atoms with Crippen LogP contribution in [0, 0.1) is 0 Å². The fourth-order valence-electron chi connectivity index (χ4n) is 1.33. The zero-order valence-corrected chi connectivity index (χ0v) is 12.5. The first-order valence-electron chi connectivity index (χ1n) is 4.88. The van der Waals surface area contributed by atoms with Crippen LogP contribution in [-0.4, -0.2) is 16.5 Å². The van der Waals surface area contributed by atoms with Gasteiger partial charge in [0.2, 0.25) is 0 Å². The minimum absolute atomic E-state index is 0.898. The lowest BCUT2D eigenvalue weighted by Gasteiger charge is -2.00. The number of H-pyrrole nitrogens is 1. The minimum atomic E-state index is 0.898. The van der Waals surface area contributed by atoms with E-state index in [-0.39, 0.29) is 0 Å². The highest BCUT2D eigenvalue weighted by Crippen LogP contribution is 2.32. The van der Waals surface area contributed by atoms with Crippen LogP contribution in [0.1, 0.15) is 10.7 Å². The second-order valence-corrected chi connectivity index (χ2v) is 6.61. The maximum atomic E-state index is 4.17. The Morgan fingerprint density at radius 2 is 2.31 bits per heavy atom. The predicted octanol–water partition coefficient (Wildman–Crippen LogP) is 3.33. The fourth-order valence-corrected chi connectivity index (χ4v) is 3.48. The van der Waals surface area contributed by atoms with E-state index in [4.69, 9.17) is 0 Å². The summed E-state index contributed by atoms with van der Waals surface area (Å²) in [6.07, 6.45) is 4.56. The molecule has 0 bridgehead atoms. The summed E-state index contributed by atoms with van der Waals surface area (Å²) < 4.78 is 2.27. The number of aromatic amines is 1. The molecule has 2 aromatic rings. The van der Waals surface area contributed by atoms with Crippen LogP contribution in [0.4, 0.5) is 0 Å². The average molecular weight is 365 g/mol. The number of imidazole rings is 1. The van der Waals surface area contributed by atoms with E-state index in [9.17, 15) is 0 Å². The van der Waals surface area contributed by atoms with Crippen LogP contribution >= 0.6 is 43.2 Å². The highest BCUT2D eigenvalue weighted by atomic mass is 79.9. The molecule has 0 saturated carbocycles. The van der Waals surface area contributed by atoms with E-state index in [0.717, 1.165) is 33.6 Å². The normalized spacial score (nSPS) is 10.9. The fraction of sp³-hybridized carbons (Fsp3) is 0.300. The molecular formula is C10H11Br2N3S. The number of aromatic nitrogens is 2. The number of nitrogens with zero attached hydrogens (tertiary/aromatic N) is 1. The molecule has 0 fully saturated rings. The van der Waals surface area contributed by atoms with Gasteiger partial charge in [0.05, 0.1) is 3.79 Å². The van der Waals surface area contributed by atoms with Crippen LogP contribution in [0.25, 0.3) is 0 Å². The van der Waals surface area contributed by atoms with Gasteiger partial charge in [0.25, 0.3) is 0 Å². The van der Waals surface area contributed by atoms with E-state index < -0.39 is 0 Å². The van der Waals surface area contributed by atoms with Gasteiger partial charge in [-0.2, -0.15) is 0 Å². The highest BCUT2D eigenvalue weighted by molar-refractivity contribution is 9.13. The van der Waals surface area contributed by atoms with Gasteiger partial charge in [-0.3, -0.25) is 0 Å². The van der Waals surface area contributed by atoms with Crippen LogP contribution in [0.15, 0.2) is 26.7 Å². The van der Waals surface area contributed by atoms with E-state index in [1.54, 1.807) is 17.5 Å². The van der Waals surface area contributed by atoms with Gasteiger partial charge in [-0.1, -0.05) is 0 Å². The second-order valence-electron chi connectivity index (χ2n) is 3.30. The third-order valence-electron chi connectivity index (χ3n) is 2.09. The van der Waals surface area contributed by atoms with Crippen LogP contribution in [0.2, 0.25) is 0 Å². The zero-order valence-electron chi connectivity index (χ0n) is 8.46. The lowest BCUT2D eigenvalue weighted by molar-refractivity contribution is 0.680. The van der Waals surface area contributed by atoms with E-state index in [2.05, 4.69) is 53.2 Å². The Morgan fingerprint density at radius 1 is 1.44 bits per heavy atom. The van der Waals surface area contributed by atoms with E-state index in [1.165, 1.54) is 4.88 Å². The molecule has 0 atom stereocenters. The first-order chi connectivity index (χ1) is 7.75. The molecule has 2 heterocycles.